The maximum Gasteiger partial charge on any atom is 0.341 e. The normalized spacial score (nSPS) is 11.1. The molecule has 0 aliphatic carbocycles. The molecule has 0 spiro atoms. The first kappa shape index (κ1) is 25.1. The molecule has 0 unspecified atom stereocenters. The Kier molecular flexibility index (Phi) is 7.50. The zero-order valence-electron chi connectivity index (χ0n) is 20.9. The molecule has 4 rings (SSSR count). The van der Waals surface area contributed by atoms with Crippen molar-refractivity contribution in [1.29, 1.82) is 0 Å². The highest BCUT2D eigenvalue weighted by atomic mass is 32.1. The van der Waals surface area contributed by atoms with Gasteiger partial charge in [0.1, 0.15) is 22.1 Å². The fourth-order valence-corrected chi connectivity index (χ4v) is 4.99. The van der Waals surface area contributed by atoms with Crippen molar-refractivity contribution in [3.8, 4) is 22.6 Å². The van der Waals surface area contributed by atoms with E-state index in [1.54, 1.807) is 26.3 Å². The molecule has 3 aromatic carbocycles. The second-order valence-electron chi connectivity index (χ2n) is 8.25. The molecule has 0 N–H and O–H groups in total. The Morgan fingerprint density at radius 2 is 1.75 bits per heavy atom. The molecule has 4 aromatic rings. The van der Waals surface area contributed by atoms with Crippen LogP contribution in [0, 0.1) is 13.8 Å². The smallest absolute Gasteiger partial charge is 0.341 e. The van der Waals surface area contributed by atoms with Gasteiger partial charge in [-0.1, -0.05) is 24.3 Å². The largest absolute Gasteiger partial charge is 0.497 e. The van der Waals surface area contributed by atoms with Gasteiger partial charge in [0.2, 0.25) is 0 Å². The van der Waals surface area contributed by atoms with E-state index in [1.807, 2.05) is 56.3 Å². The second kappa shape index (κ2) is 10.7. The molecule has 184 valence electrons. The summed E-state index contributed by atoms with van der Waals surface area (Å²) in [5.41, 5.74) is 3.72. The van der Waals surface area contributed by atoms with Gasteiger partial charge in [-0.25, -0.2) is 9.79 Å². The van der Waals surface area contributed by atoms with Gasteiger partial charge in [0.05, 0.1) is 13.7 Å². The first-order valence-corrected chi connectivity index (χ1v) is 12.3. The summed E-state index contributed by atoms with van der Waals surface area (Å²) in [6.45, 7) is 7.28. The molecule has 0 saturated carbocycles. The monoisotopic (exact) mass is 501 g/mol. The maximum absolute atomic E-state index is 13.1. The standard InChI is InChI=1S/C29H27NO5S/c1-6-34-29(32)27-26(22-10-9-21-15-24(33-5)12-11-20(21)14-22)18(3)36-28(27)30-16-23-8-7-17(2)13-25(23)35-19(4)31/h7-16H,6H2,1-5H3/b30-16+. The Bertz CT molecular complexity index is 1480. The Morgan fingerprint density at radius 3 is 2.47 bits per heavy atom. The van der Waals surface area contributed by atoms with Crippen molar-refractivity contribution < 1.29 is 23.8 Å². The predicted molar refractivity (Wildman–Crippen MR) is 144 cm³/mol. The van der Waals surface area contributed by atoms with Crippen LogP contribution in [-0.2, 0) is 9.53 Å². The summed E-state index contributed by atoms with van der Waals surface area (Å²) in [5.74, 6) is 0.367. The quantitative estimate of drug-likeness (QED) is 0.154. The minimum Gasteiger partial charge on any atom is -0.497 e. The van der Waals surface area contributed by atoms with Crippen molar-refractivity contribution in [1.82, 2.24) is 0 Å². The average molecular weight is 502 g/mol. The van der Waals surface area contributed by atoms with Crippen LogP contribution in [0.1, 0.15) is 40.2 Å². The molecule has 0 fully saturated rings. The lowest BCUT2D eigenvalue weighted by molar-refractivity contribution is -0.131. The molecular weight excluding hydrogens is 474 g/mol. The van der Waals surface area contributed by atoms with E-state index in [4.69, 9.17) is 14.2 Å². The minimum absolute atomic E-state index is 0.252. The predicted octanol–water partition coefficient (Wildman–Crippen LogP) is 7.05. The van der Waals surface area contributed by atoms with Crippen LogP contribution in [0.15, 0.2) is 59.6 Å². The summed E-state index contributed by atoms with van der Waals surface area (Å²) < 4.78 is 16.1. The van der Waals surface area contributed by atoms with Gasteiger partial charge in [0.15, 0.2) is 0 Å². The lowest BCUT2D eigenvalue weighted by Crippen LogP contribution is -2.06. The number of hydrogen-bond acceptors (Lipinski definition) is 7. The number of thiophene rings is 1. The van der Waals surface area contributed by atoms with E-state index < -0.39 is 11.9 Å². The van der Waals surface area contributed by atoms with Gasteiger partial charge in [0.25, 0.3) is 0 Å². The van der Waals surface area contributed by atoms with Gasteiger partial charge in [-0.15, -0.1) is 11.3 Å². The van der Waals surface area contributed by atoms with Crippen molar-refractivity contribution in [3.05, 3.63) is 76.2 Å². The third-order valence-electron chi connectivity index (χ3n) is 5.62. The Hall–Kier alpha value is -3.97. The van der Waals surface area contributed by atoms with Gasteiger partial charge in [-0.3, -0.25) is 4.79 Å². The molecular formula is C29H27NO5S. The molecule has 1 heterocycles. The molecule has 0 bridgehead atoms. The van der Waals surface area contributed by atoms with Crippen LogP contribution < -0.4 is 9.47 Å². The van der Waals surface area contributed by atoms with Crippen LogP contribution in [-0.4, -0.2) is 31.9 Å². The van der Waals surface area contributed by atoms with E-state index in [-0.39, 0.29) is 6.61 Å². The number of nitrogens with zero attached hydrogens (tertiary/aromatic N) is 1. The first-order valence-electron chi connectivity index (χ1n) is 11.5. The van der Waals surface area contributed by atoms with Crippen molar-refractivity contribution in [3.63, 3.8) is 0 Å². The number of carbonyl (C=O) groups is 2. The third kappa shape index (κ3) is 5.31. The summed E-state index contributed by atoms with van der Waals surface area (Å²) in [7, 11) is 1.64. The lowest BCUT2D eigenvalue weighted by Gasteiger charge is -2.09. The molecule has 0 aliphatic heterocycles. The van der Waals surface area contributed by atoms with E-state index in [9.17, 15) is 9.59 Å². The van der Waals surface area contributed by atoms with E-state index in [0.717, 1.165) is 38.1 Å². The second-order valence-corrected chi connectivity index (χ2v) is 9.46. The highest BCUT2D eigenvalue weighted by Crippen LogP contribution is 2.43. The maximum atomic E-state index is 13.1. The topological polar surface area (TPSA) is 74.2 Å². The number of aryl methyl sites for hydroxylation is 2. The highest BCUT2D eigenvalue weighted by Gasteiger charge is 2.24. The van der Waals surface area contributed by atoms with Gasteiger partial charge < -0.3 is 14.2 Å². The fraction of sp³-hybridized carbons (Fsp3) is 0.207. The first-order chi connectivity index (χ1) is 17.3. The molecule has 1 aromatic heterocycles. The summed E-state index contributed by atoms with van der Waals surface area (Å²) in [5, 5.41) is 2.61. The molecule has 0 radical (unpaired) electrons. The number of rotatable bonds is 7. The highest BCUT2D eigenvalue weighted by molar-refractivity contribution is 7.16. The van der Waals surface area contributed by atoms with Gasteiger partial charge in [-0.05, 0) is 73.0 Å². The van der Waals surface area contributed by atoms with Crippen molar-refractivity contribution >= 4 is 45.3 Å². The summed E-state index contributed by atoms with van der Waals surface area (Å²) in [4.78, 5) is 30.3. The molecule has 6 nitrogen and oxygen atoms in total. The number of hydrogen-bond donors (Lipinski definition) is 0. The SMILES string of the molecule is CCOC(=O)c1c(/N=C/c2ccc(C)cc2OC(C)=O)sc(C)c1-c1ccc2cc(OC)ccc2c1. The number of methoxy groups -OCH3 is 1. The molecule has 0 amide bonds. The molecule has 0 saturated heterocycles. The van der Waals surface area contributed by atoms with E-state index in [1.165, 1.54) is 18.3 Å². The van der Waals surface area contributed by atoms with E-state index in [0.29, 0.717) is 21.9 Å². The zero-order valence-corrected chi connectivity index (χ0v) is 21.7. The van der Waals surface area contributed by atoms with Gasteiger partial charge in [-0.2, -0.15) is 0 Å². The average Bonchev–Trinajstić information content (AvgIpc) is 3.18. The van der Waals surface area contributed by atoms with Crippen molar-refractivity contribution in [2.24, 2.45) is 4.99 Å². The number of carbonyl (C=O) groups excluding carboxylic acids is 2. The lowest BCUT2D eigenvalue weighted by atomic mass is 9.98. The van der Waals surface area contributed by atoms with Gasteiger partial charge >= 0.3 is 11.9 Å². The van der Waals surface area contributed by atoms with Crippen LogP contribution >= 0.6 is 11.3 Å². The molecule has 0 aliphatic rings. The van der Waals surface area contributed by atoms with Crippen molar-refractivity contribution in [2.75, 3.05) is 13.7 Å². The number of aliphatic imine (C=N–C) groups is 1. The van der Waals surface area contributed by atoms with E-state index in [2.05, 4.69) is 11.1 Å². The molecule has 0 atom stereocenters. The number of ether oxygens (including phenoxy) is 3. The van der Waals surface area contributed by atoms with Crippen LogP contribution in [0.3, 0.4) is 0 Å². The van der Waals surface area contributed by atoms with Gasteiger partial charge in [0, 0.05) is 29.1 Å². The van der Waals surface area contributed by atoms with Crippen LogP contribution in [0.4, 0.5) is 5.00 Å². The van der Waals surface area contributed by atoms with Crippen molar-refractivity contribution in [2.45, 2.75) is 27.7 Å². The van der Waals surface area contributed by atoms with Crippen LogP contribution in [0.2, 0.25) is 0 Å². The molecule has 36 heavy (non-hydrogen) atoms. The number of benzene rings is 3. The minimum atomic E-state index is -0.428. The number of esters is 2. The van der Waals surface area contributed by atoms with Crippen LogP contribution in [0.5, 0.6) is 11.5 Å². The Morgan fingerprint density at radius 1 is 1.00 bits per heavy atom. The fourth-order valence-electron chi connectivity index (χ4n) is 3.99. The van der Waals surface area contributed by atoms with E-state index >= 15 is 0 Å². The zero-order chi connectivity index (χ0) is 25.8. The molecule has 7 heteroatoms. The Balaban J connectivity index is 1.82. The van der Waals surface area contributed by atoms with Crippen LogP contribution in [0.25, 0.3) is 21.9 Å². The third-order valence-corrected chi connectivity index (χ3v) is 6.64. The summed E-state index contributed by atoms with van der Waals surface area (Å²) in [6.07, 6.45) is 1.61. The summed E-state index contributed by atoms with van der Waals surface area (Å²) in [6, 6.07) is 17.5. The Labute approximate surface area is 214 Å². The summed E-state index contributed by atoms with van der Waals surface area (Å²) >= 11 is 1.42. The number of fused-ring (bicyclic) bond motifs is 1.